The van der Waals surface area contributed by atoms with Crippen LogP contribution in [0, 0.1) is 6.92 Å². The summed E-state index contributed by atoms with van der Waals surface area (Å²) >= 11 is 6.18. The second-order valence-corrected chi connectivity index (χ2v) is 6.31. The van der Waals surface area contributed by atoms with Gasteiger partial charge in [0.1, 0.15) is 16.8 Å². The molecule has 114 valence electrons. The number of hydrogen-bond acceptors (Lipinski definition) is 4. The van der Waals surface area contributed by atoms with Gasteiger partial charge in [0.2, 0.25) is 0 Å². The molecule has 0 aliphatic rings. The minimum atomic E-state index is -0.120. The van der Waals surface area contributed by atoms with Gasteiger partial charge in [-0.05, 0) is 13.3 Å². The van der Waals surface area contributed by atoms with Crippen LogP contribution in [0.4, 0.5) is 5.82 Å². The molecule has 0 saturated heterocycles. The first-order chi connectivity index (χ1) is 9.36. The summed E-state index contributed by atoms with van der Waals surface area (Å²) in [7, 11) is 0. The van der Waals surface area contributed by atoms with Gasteiger partial charge in [0.25, 0.3) is 0 Å². The molecule has 0 aromatic carbocycles. The van der Waals surface area contributed by atoms with E-state index in [1.807, 2.05) is 6.92 Å². The van der Waals surface area contributed by atoms with Crippen LogP contribution in [0.15, 0.2) is 0 Å². The Morgan fingerprint density at radius 2 is 1.90 bits per heavy atom. The molecule has 1 heterocycles. The first-order valence-corrected chi connectivity index (χ1v) is 7.60. The van der Waals surface area contributed by atoms with Gasteiger partial charge < -0.3 is 10.1 Å². The highest BCUT2D eigenvalue weighted by molar-refractivity contribution is 6.30. The van der Waals surface area contributed by atoms with E-state index < -0.39 is 0 Å². The molecule has 0 spiro atoms. The summed E-state index contributed by atoms with van der Waals surface area (Å²) in [5.74, 6) is 1.55. The smallest absolute Gasteiger partial charge is 0.137 e. The molecule has 0 aliphatic carbocycles. The fourth-order valence-corrected chi connectivity index (χ4v) is 1.76. The monoisotopic (exact) mass is 299 g/mol. The quantitative estimate of drug-likeness (QED) is 0.611. The van der Waals surface area contributed by atoms with Gasteiger partial charge in [0, 0.05) is 24.1 Å². The number of halogens is 1. The summed E-state index contributed by atoms with van der Waals surface area (Å²) in [4.78, 5) is 8.93. The second kappa shape index (κ2) is 7.79. The van der Waals surface area contributed by atoms with Crippen molar-refractivity contribution in [3.05, 3.63) is 16.5 Å². The highest BCUT2D eigenvalue weighted by atomic mass is 35.5. The summed E-state index contributed by atoms with van der Waals surface area (Å²) in [6.45, 7) is 12.5. The predicted octanol–water partition coefficient (Wildman–Crippen LogP) is 3.96. The van der Waals surface area contributed by atoms with E-state index in [0.29, 0.717) is 11.8 Å². The van der Waals surface area contributed by atoms with Gasteiger partial charge in [0.05, 0.1) is 6.61 Å². The fourth-order valence-electron chi connectivity index (χ4n) is 1.59. The topological polar surface area (TPSA) is 47.0 Å². The molecule has 0 radical (unpaired) electrons. The molecule has 0 aliphatic heterocycles. The van der Waals surface area contributed by atoms with Crippen LogP contribution < -0.4 is 5.32 Å². The zero-order valence-corrected chi connectivity index (χ0v) is 14.0. The van der Waals surface area contributed by atoms with Crippen molar-refractivity contribution in [2.75, 3.05) is 25.1 Å². The van der Waals surface area contributed by atoms with Gasteiger partial charge in [-0.2, -0.15) is 0 Å². The molecular formula is C15H26ClN3O. The van der Waals surface area contributed by atoms with Crippen molar-refractivity contribution in [1.29, 1.82) is 0 Å². The van der Waals surface area contributed by atoms with Crippen molar-refractivity contribution in [2.45, 2.75) is 52.9 Å². The lowest BCUT2D eigenvalue weighted by Gasteiger charge is -2.19. The fraction of sp³-hybridized carbons (Fsp3) is 0.733. The Hall–Kier alpha value is -0.870. The van der Waals surface area contributed by atoms with Gasteiger partial charge in [-0.15, -0.1) is 0 Å². The SMILES string of the molecule is CCCCOCCNc1nc(C(C)(C)C)nc(Cl)c1C. The summed E-state index contributed by atoms with van der Waals surface area (Å²) < 4.78 is 5.52. The van der Waals surface area contributed by atoms with E-state index in [9.17, 15) is 0 Å². The van der Waals surface area contributed by atoms with E-state index in [-0.39, 0.29) is 5.41 Å². The van der Waals surface area contributed by atoms with E-state index >= 15 is 0 Å². The van der Waals surface area contributed by atoms with Crippen LogP contribution in [0.1, 0.15) is 51.9 Å². The number of nitrogens with zero attached hydrogens (tertiary/aromatic N) is 2. The minimum Gasteiger partial charge on any atom is -0.380 e. The minimum absolute atomic E-state index is 0.120. The third kappa shape index (κ3) is 5.25. The number of anilines is 1. The van der Waals surface area contributed by atoms with Crippen LogP contribution >= 0.6 is 11.6 Å². The highest BCUT2D eigenvalue weighted by Gasteiger charge is 2.20. The Labute approximate surface area is 127 Å². The predicted molar refractivity (Wildman–Crippen MR) is 84.7 cm³/mol. The van der Waals surface area contributed by atoms with Crippen molar-refractivity contribution >= 4 is 17.4 Å². The standard InChI is InChI=1S/C15H26ClN3O/c1-6-7-9-20-10-8-17-13-11(2)12(16)18-14(19-13)15(3,4)5/h6-10H2,1-5H3,(H,17,18,19). The molecule has 0 atom stereocenters. The first-order valence-electron chi connectivity index (χ1n) is 7.22. The Morgan fingerprint density at radius 1 is 1.20 bits per heavy atom. The summed E-state index contributed by atoms with van der Waals surface area (Å²) in [5, 5.41) is 3.80. The third-order valence-electron chi connectivity index (χ3n) is 2.94. The van der Waals surface area contributed by atoms with Crippen molar-refractivity contribution < 1.29 is 4.74 Å². The zero-order chi connectivity index (χ0) is 15.2. The summed E-state index contributed by atoms with van der Waals surface area (Å²) in [5.41, 5.74) is 0.763. The van der Waals surface area contributed by atoms with Crippen molar-refractivity contribution in [2.24, 2.45) is 0 Å². The van der Waals surface area contributed by atoms with E-state index in [0.717, 1.165) is 43.2 Å². The Bertz CT molecular complexity index is 430. The summed E-state index contributed by atoms with van der Waals surface area (Å²) in [6.07, 6.45) is 2.26. The van der Waals surface area contributed by atoms with Crippen LogP contribution in [0.3, 0.4) is 0 Å². The zero-order valence-electron chi connectivity index (χ0n) is 13.2. The molecule has 1 N–H and O–H groups in total. The molecule has 1 aromatic heterocycles. The lowest BCUT2D eigenvalue weighted by molar-refractivity contribution is 0.141. The van der Waals surface area contributed by atoms with Crippen LogP contribution in [-0.2, 0) is 10.2 Å². The number of nitrogens with one attached hydrogen (secondary N) is 1. The molecule has 1 aromatic rings. The molecule has 5 heteroatoms. The third-order valence-corrected chi connectivity index (χ3v) is 3.31. The van der Waals surface area contributed by atoms with E-state index in [1.165, 1.54) is 0 Å². The number of unbranched alkanes of at least 4 members (excludes halogenated alkanes) is 1. The maximum atomic E-state index is 6.18. The van der Waals surface area contributed by atoms with Crippen molar-refractivity contribution in [1.82, 2.24) is 9.97 Å². The van der Waals surface area contributed by atoms with Gasteiger partial charge in [-0.1, -0.05) is 45.7 Å². The first kappa shape index (κ1) is 17.2. The van der Waals surface area contributed by atoms with Gasteiger partial charge >= 0.3 is 0 Å². The van der Waals surface area contributed by atoms with Crippen molar-refractivity contribution in [3.8, 4) is 0 Å². The number of rotatable bonds is 7. The Kier molecular flexibility index (Phi) is 6.69. The molecule has 0 fully saturated rings. The number of ether oxygens (including phenoxy) is 1. The van der Waals surface area contributed by atoms with E-state index in [1.54, 1.807) is 0 Å². The lowest BCUT2D eigenvalue weighted by Crippen LogP contribution is -2.19. The molecule has 0 amide bonds. The Balaban J connectivity index is 2.63. The highest BCUT2D eigenvalue weighted by Crippen LogP contribution is 2.25. The van der Waals surface area contributed by atoms with E-state index in [2.05, 4.69) is 43.0 Å². The molecule has 0 saturated carbocycles. The molecular weight excluding hydrogens is 274 g/mol. The average molecular weight is 300 g/mol. The molecule has 0 bridgehead atoms. The van der Waals surface area contributed by atoms with Gasteiger partial charge in [-0.25, -0.2) is 9.97 Å². The second-order valence-electron chi connectivity index (χ2n) is 5.95. The van der Waals surface area contributed by atoms with Crippen LogP contribution in [0.25, 0.3) is 0 Å². The largest absolute Gasteiger partial charge is 0.380 e. The maximum absolute atomic E-state index is 6.18. The van der Waals surface area contributed by atoms with Gasteiger partial charge in [-0.3, -0.25) is 0 Å². The van der Waals surface area contributed by atoms with Crippen molar-refractivity contribution in [3.63, 3.8) is 0 Å². The number of aromatic nitrogens is 2. The average Bonchev–Trinajstić information content (AvgIpc) is 2.37. The van der Waals surface area contributed by atoms with Crippen LogP contribution in [-0.4, -0.2) is 29.7 Å². The maximum Gasteiger partial charge on any atom is 0.137 e. The molecule has 0 unspecified atom stereocenters. The summed E-state index contributed by atoms with van der Waals surface area (Å²) in [6, 6.07) is 0. The number of hydrogen-bond donors (Lipinski definition) is 1. The van der Waals surface area contributed by atoms with Crippen LogP contribution in [0.5, 0.6) is 0 Å². The molecule has 20 heavy (non-hydrogen) atoms. The van der Waals surface area contributed by atoms with Gasteiger partial charge in [0.15, 0.2) is 0 Å². The Morgan fingerprint density at radius 3 is 2.50 bits per heavy atom. The normalized spacial score (nSPS) is 11.7. The molecule has 4 nitrogen and oxygen atoms in total. The van der Waals surface area contributed by atoms with Crippen LogP contribution in [0.2, 0.25) is 5.15 Å². The van der Waals surface area contributed by atoms with E-state index in [4.69, 9.17) is 16.3 Å². The lowest BCUT2D eigenvalue weighted by atomic mass is 9.95. The molecule has 1 rings (SSSR count).